The fraction of sp³-hybridized carbons (Fsp3) is 0.500. The number of ether oxygens (including phenoxy) is 1. The Balaban J connectivity index is 1.75. The number of carbonyl (C=O) groups excluding carboxylic acids is 1. The lowest BCUT2D eigenvalue weighted by Crippen LogP contribution is -2.30. The van der Waals surface area contributed by atoms with Gasteiger partial charge in [0.1, 0.15) is 5.75 Å². The molecule has 1 aliphatic rings. The van der Waals surface area contributed by atoms with Crippen molar-refractivity contribution in [3.63, 3.8) is 0 Å². The lowest BCUT2D eigenvalue weighted by Gasteiger charge is -2.14. The van der Waals surface area contributed by atoms with E-state index in [1.165, 1.54) is 30.3 Å². The van der Waals surface area contributed by atoms with Crippen LogP contribution in [-0.2, 0) is 4.79 Å². The summed E-state index contributed by atoms with van der Waals surface area (Å²) < 4.78 is 40.0. The number of benzene rings is 1. The highest BCUT2D eigenvalue weighted by Crippen LogP contribution is 2.23. The molecule has 7 heteroatoms. The number of amides is 1. The van der Waals surface area contributed by atoms with Crippen molar-refractivity contribution in [2.24, 2.45) is 5.92 Å². The number of carbonyl (C=O) groups is 1. The summed E-state index contributed by atoms with van der Waals surface area (Å²) in [5, 5.41) is 2.87. The molecule has 4 nitrogen and oxygen atoms in total. The van der Waals surface area contributed by atoms with Crippen LogP contribution < -0.4 is 10.1 Å². The maximum absolute atomic E-state index is 12.1. The average molecular weight is 356 g/mol. The van der Waals surface area contributed by atoms with Crippen molar-refractivity contribution in [2.45, 2.75) is 26.1 Å². The molecule has 0 aliphatic carbocycles. The molecule has 1 aliphatic heterocycles. The van der Waals surface area contributed by atoms with Gasteiger partial charge in [0.25, 0.3) is 0 Å². The molecule has 1 aromatic carbocycles. The van der Waals surface area contributed by atoms with Gasteiger partial charge in [-0.1, -0.05) is 19.1 Å². The molecule has 0 aromatic heterocycles. The van der Waals surface area contributed by atoms with Crippen molar-refractivity contribution in [3.05, 3.63) is 35.9 Å². The summed E-state index contributed by atoms with van der Waals surface area (Å²) in [5.74, 6) is -0.0146. The van der Waals surface area contributed by atoms with E-state index in [2.05, 4.69) is 21.9 Å². The van der Waals surface area contributed by atoms with Crippen molar-refractivity contribution < 1.29 is 22.7 Å². The third-order valence-corrected chi connectivity index (χ3v) is 4.02. The summed E-state index contributed by atoms with van der Waals surface area (Å²) in [4.78, 5) is 14.2. The highest BCUT2D eigenvalue weighted by Gasteiger charge is 2.30. The van der Waals surface area contributed by atoms with E-state index in [-0.39, 0.29) is 11.7 Å². The van der Waals surface area contributed by atoms with Gasteiger partial charge in [-0.2, -0.15) is 0 Å². The van der Waals surface area contributed by atoms with Crippen molar-refractivity contribution >= 4 is 12.0 Å². The van der Waals surface area contributed by atoms with E-state index in [9.17, 15) is 18.0 Å². The van der Waals surface area contributed by atoms with Crippen LogP contribution >= 0.6 is 0 Å². The van der Waals surface area contributed by atoms with Gasteiger partial charge in [-0.25, -0.2) is 0 Å². The van der Waals surface area contributed by atoms with E-state index in [4.69, 9.17) is 0 Å². The van der Waals surface area contributed by atoms with Crippen LogP contribution in [0.25, 0.3) is 6.08 Å². The Hall–Kier alpha value is -2.02. The molecule has 1 fully saturated rings. The van der Waals surface area contributed by atoms with Gasteiger partial charge in [-0.3, -0.25) is 4.79 Å². The molecule has 0 spiro atoms. The molecule has 0 radical (unpaired) electrons. The number of hydrogen-bond donors (Lipinski definition) is 1. The Morgan fingerprint density at radius 1 is 1.36 bits per heavy atom. The van der Waals surface area contributed by atoms with Crippen LogP contribution in [0.3, 0.4) is 0 Å². The van der Waals surface area contributed by atoms with Gasteiger partial charge in [-0.05, 0) is 55.6 Å². The zero-order chi connectivity index (χ0) is 18.3. The Morgan fingerprint density at radius 2 is 2.08 bits per heavy atom. The molecule has 1 unspecified atom stereocenters. The van der Waals surface area contributed by atoms with E-state index in [1.807, 2.05) is 0 Å². The second-order valence-electron chi connectivity index (χ2n) is 6.15. The smallest absolute Gasteiger partial charge is 0.406 e. The molecule has 1 atom stereocenters. The third kappa shape index (κ3) is 7.17. The second kappa shape index (κ2) is 8.89. The maximum atomic E-state index is 12.1. The Labute approximate surface area is 145 Å². The first-order chi connectivity index (χ1) is 11.9. The summed E-state index contributed by atoms with van der Waals surface area (Å²) in [6, 6.07) is 5.35. The van der Waals surface area contributed by atoms with E-state index >= 15 is 0 Å². The van der Waals surface area contributed by atoms with Crippen LogP contribution in [0.4, 0.5) is 13.2 Å². The molecule has 1 aromatic rings. The van der Waals surface area contributed by atoms with Crippen LogP contribution in [-0.4, -0.2) is 43.3 Å². The molecule has 138 valence electrons. The number of nitrogens with zero attached hydrogens (tertiary/aromatic N) is 1. The van der Waals surface area contributed by atoms with Crippen LogP contribution in [0.1, 0.15) is 25.3 Å². The standard InChI is InChI=1S/C18H23F3N2O2/c1-2-10-23-11-9-15(13-23)12-22-17(24)8-5-14-3-6-16(7-4-14)25-18(19,20)21/h3-8,15H,2,9-13H2,1H3,(H,22,24)/b8-5+. The number of nitrogens with one attached hydrogen (secondary N) is 1. The fourth-order valence-corrected chi connectivity index (χ4v) is 2.86. The van der Waals surface area contributed by atoms with Gasteiger partial charge < -0.3 is 15.0 Å². The number of hydrogen-bond acceptors (Lipinski definition) is 3. The first-order valence-corrected chi connectivity index (χ1v) is 8.40. The predicted octanol–water partition coefficient (Wildman–Crippen LogP) is 3.45. The highest BCUT2D eigenvalue weighted by atomic mass is 19.4. The quantitative estimate of drug-likeness (QED) is 0.761. The van der Waals surface area contributed by atoms with E-state index in [0.717, 1.165) is 32.5 Å². The first kappa shape index (κ1) is 19.3. The Morgan fingerprint density at radius 3 is 2.72 bits per heavy atom. The first-order valence-electron chi connectivity index (χ1n) is 8.40. The lowest BCUT2D eigenvalue weighted by molar-refractivity contribution is -0.274. The van der Waals surface area contributed by atoms with Gasteiger partial charge in [-0.15, -0.1) is 13.2 Å². The molecule has 0 bridgehead atoms. The molecular weight excluding hydrogens is 333 g/mol. The molecule has 1 saturated heterocycles. The topological polar surface area (TPSA) is 41.6 Å². The van der Waals surface area contributed by atoms with Gasteiger partial charge >= 0.3 is 6.36 Å². The van der Waals surface area contributed by atoms with Crippen LogP contribution in [0, 0.1) is 5.92 Å². The summed E-state index contributed by atoms with van der Waals surface area (Å²) in [6.45, 7) is 5.98. The average Bonchev–Trinajstić information content (AvgIpc) is 2.99. The number of alkyl halides is 3. The molecule has 1 heterocycles. The normalized spacial score (nSPS) is 18.6. The zero-order valence-electron chi connectivity index (χ0n) is 14.2. The Bertz CT molecular complexity index is 585. The SMILES string of the molecule is CCCN1CCC(CNC(=O)/C=C/c2ccc(OC(F)(F)F)cc2)C1. The van der Waals surface area contributed by atoms with E-state index in [1.54, 1.807) is 6.08 Å². The van der Waals surface area contributed by atoms with Crippen LogP contribution in [0.5, 0.6) is 5.75 Å². The molecule has 1 amide bonds. The molecule has 0 saturated carbocycles. The summed E-state index contributed by atoms with van der Waals surface area (Å²) >= 11 is 0. The second-order valence-corrected chi connectivity index (χ2v) is 6.15. The van der Waals surface area contributed by atoms with Gasteiger partial charge in [0.15, 0.2) is 0 Å². The maximum Gasteiger partial charge on any atom is 0.573 e. The fourth-order valence-electron chi connectivity index (χ4n) is 2.86. The molecule has 1 N–H and O–H groups in total. The summed E-state index contributed by atoms with van der Waals surface area (Å²) in [6.07, 6.45) is 0.465. The van der Waals surface area contributed by atoms with E-state index in [0.29, 0.717) is 18.0 Å². The third-order valence-electron chi connectivity index (χ3n) is 4.02. The van der Waals surface area contributed by atoms with Crippen molar-refractivity contribution in [3.8, 4) is 5.75 Å². The van der Waals surface area contributed by atoms with Crippen LogP contribution in [0.2, 0.25) is 0 Å². The highest BCUT2D eigenvalue weighted by molar-refractivity contribution is 5.91. The molecule has 25 heavy (non-hydrogen) atoms. The van der Waals surface area contributed by atoms with E-state index < -0.39 is 6.36 Å². The van der Waals surface area contributed by atoms with Crippen molar-refractivity contribution in [1.29, 1.82) is 0 Å². The number of halogens is 3. The summed E-state index contributed by atoms with van der Waals surface area (Å²) in [5.41, 5.74) is 0.625. The van der Waals surface area contributed by atoms with Crippen molar-refractivity contribution in [2.75, 3.05) is 26.2 Å². The predicted molar refractivity (Wildman–Crippen MR) is 90.0 cm³/mol. The number of rotatable bonds is 7. The Kier molecular flexibility index (Phi) is 6.87. The monoisotopic (exact) mass is 356 g/mol. The number of likely N-dealkylation sites (tertiary alicyclic amines) is 1. The van der Waals surface area contributed by atoms with Gasteiger partial charge in [0.2, 0.25) is 5.91 Å². The minimum Gasteiger partial charge on any atom is -0.406 e. The lowest BCUT2D eigenvalue weighted by atomic mass is 10.1. The van der Waals surface area contributed by atoms with Crippen molar-refractivity contribution in [1.82, 2.24) is 10.2 Å². The zero-order valence-corrected chi connectivity index (χ0v) is 14.2. The van der Waals surface area contributed by atoms with Gasteiger partial charge in [0.05, 0.1) is 0 Å². The minimum absolute atomic E-state index is 0.204. The minimum atomic E-state index is -4.70. The van der Waals surface area contributed by atoms with Crippen LogP contribution in [0.15, 0.2) is 30.3 Å². The largest absolute Gasteiger partial charge is 0.573 e. The summed E-state index contributed by atoms with van der Waals surface area (Å²) in [7, 11) is 0. The molecular formula is C18H23F3N2O2. The van der Waals surface area contributed by atoms with Gasteiger partial charge in [0, 0.05) is 19.2 Å². The molecule has 2 rings (SSSR count).